The van der Waals surface area contributed by atoms with Crippen molar-refractivity contribution in [2.75, 3.05) is 11.4 Å². The average molecular weight is 386 g/mol. The minimum atomic E-state index is -1.10. The van der Waals surface area contributed by atoms with Crippen molar-refractivity contribution in [1.29, 1.82) is 0 Å². The molecule has 0 radical (unpaired) electrons. The van der Waals surface area contributed by atoms with Gasteiger partial charge in [0.25, 0.3) is 0 Å². The molecule has 2 amide bonds. The molecular weight excluding hydrogens is 359 g/mol. The Hall–Kier alpha value is -2.06. The highest BCUT2D eigenvalue weighted by molar-refractivity contribution is 6.62. The molecule has 0 bridgehead atoms. The number of carboxylic acid groups (broad SMARTS) is 1. The number of carbonyl (C=O) groups excluding carboxylic acids is 1. The SMILES string of the molecule is CC1(NC(=O)O)CN(c2ccc(B3OC(C)(C)C(C)(C)O3)cc2)C(=O)C12CC2. The fourth-order valence-electron chi connectivity index (χ4n) is 4.32. The summed E-state index contributed by atoms with van der Waals surface area (Å²) in [4.78, 5) is 26.0. The molecule has 1 spiro atoms. The molecule has 1 unspecified atom stereocenters. The molecule has 1 atom stereocenters. The Balaban J connectivity index is 1.56. The van der Waals surface area contributed by atoms with Crippen LogP contribution in [0.2, 0.25) is 0 Å². The van der Waals surface area contributed by atoms with Crippen molar-refractivity contribution in [3.8, 4) is 0 Å². The van der Waals surface area contributed by atoms with E-state index in [1.165, 1.54) is 0 Å². The molecule has 2 aliphatic heterocycles. The van der Waals surface area contributed by atoms with Crippen LogP contribution >= 0.6 is 0 Å². The lowest BCUT2D eigenvalue weighted by atomic mass is 9.79. The van der Waals surface area contributed by atoms with Crippen LogP contribution < -0.4 is 15.7 Å². The minimum absolute atomic E-state index is 0.00728. The maximum atomic E-state index is 13.0. The second-order valence-electron chi connectivity index (χ2n) is 9.42. The van der Waals surface area contributed by atoms with E-state index in [1.54, 1.807) is 4.90 Å². The number of rotatable bonds is 3. The third-order valence-corrected chi connectivity index (χ3v) is 7.05. The van der Waals surface area contributed by atoms with E-state index in [9.17, 15) is 14.7 Å². The number of amides is 2. The average Bonchev–Trinajstić information content (AvgIpc) is 3.32. The summed E-state index contributed by atoms with van der Waals surface area (Å²) in [6.07, 6.45) is 0.329. The van der Waals surface area contributed by atoms with Crippen molar-refractivity contribution in [1.82, 2.24) is 5.32 Å². The Bertz CT molecular complexity index is 818. The number of hydrogen-bond acceptors (Lipinski definition) is 4. The van der Waals surface area contributed by atoms with Crippen molar-refractivity contribution in [3.63, 3.8) is 0 Å². The van der Waals surface area contributed by atoms with Crippen LogP contribution in [-0.2, 0) is 14.1 Å². The number of anilines is 1. The predicted molar refractivity (Wildman–Crippen MR) is 106 cm³/mol. The molecule has 2 saturated heterocycles. The largest absolute Gasteiger partial charge is 0.494 e. The van der Waals surface area contributed by atoms with Crippen LogP contribution in [0, 0.1) is 5.41 Å². The first kappa shape index (κ1) is 19.3. The summed E-state index contributed by atoms with van der Waals surface area (Å²) < 4.78 is 12.2. The zero-order valence-corrected chi connectivity index (χ0v) is 17.0. The van der Waals surface area contributed by atoms with E-state index in [2.05, 4.69) is 5.32 Å². The summed E-state index contributed by atoms with van der Waals surface area (Å²) in [6.45, 7) is 10.2. The molecule has 1 saturated carbocycles. The van der Waals surface area contributed by atoms with Crippen molar-refractivity contribution >= 4 is 30.3 Å². The molecule has 2 N–H and O–H groups in total. The van der Waals surface area contributed by atoms with Gasteiger partial charge in [-0.1, -0.05) is 12.1 Å². The van der Waals surface area contributed by atoms with Crippen LogP contribution in [-0.4, -0.2) is 47.5 Å². The summed E-state index contributed by atoms with van der Waals surface area (Å²) in [5.41, 5.74) is -0.571. The van der Waals surface area contributed by atoms with Crippen LogP contribution in [0.1, 0.15) is 47.5 Å². The van der Waals surface area contributed by atoms with E-state index in [-0.39, 0.29) is 5.91 Å². The van der Waals surface area contributed by atoms with Gasteiger partial charge in [0.2, 0.25) is 5.91 Å². The first-order chi connectivity index (χ1) is 12.9. The highest BCUT2D eigenvalue weighted by Gasteiger charge is 2.69. The van der Waals surface area contributed by atoms with Gasteiger partial charge in [-0.2, -0.15) is 0 Å². The van der Waals surface area contributed by atoms with Gasteiger partial charge in [0.15, 0.2) is 0 Å². The molecule has 8 heteroatoms. The quantitative estimate of drug-likeness (QED) is 0.778. The summed E-state index contributed by atoms with van der Waals surface area (Å²) in [7, 11) is -0.456. The number of nitrogens with zero attached hydrogens (tertiary/aromatic N) is 1. The number of nitrogens with one attached hydrogen (secondary N) is 1. The number of carbonyl (C=O) groups is 2. The molecule has 3 aliphatic rings. The molecule has 4 rings (SSSR count). The van der Waals surface area contributed by atoms with Crippen molar-refractivity contribution < 1.29 is 24.0 Å². The summed E-state index contributed by atoms with van der Waals surface area (Å²) in [6, 6.07) is 7.57. The molecule has 3 fully saturated rings. The van der Waals surface area contributed by atoms with Gasteiger partial charge in [-0.05, 0) is 65.1 Å². The van der Waals surface area contributed by atoms with Gasteiger partial charge in [-0.15, -0.1) is 0 Å². The molecule has 28 heavy (non-hydrogen) atoms. The molecule has 1 aliphatic carbocycles. The summed E-state index contributed by atoms with van der Waals surface area (Å²) in [5, 5.41) is 11.8. The first-order valence-electron chi connectivity index (χ1n) is 9.70. The second-order valence-corrected chi connectivity index (χ2v) is 9.42. The third kappa shape index (κ3) is 2.65. The van der Waals surface area contributed by atoms with Crippen molar-refractivity contribution in [2.45, 2.75) is 64.2 Å². The molecule has 0 aromatic heterocycles. The zero-order chi connectivity index (χ0) is 20.5. The Kier molecular flexibility index (Phi) is 3.95. The van der Waals surface area contributed by atoms with Gasteiger partial charge < -0.3 is 24.6 Å². The van der Waals surface area contributed by atoms with Gasteiger partial charge in [0, 0.05) is 12.2 Å². The Morgan fingerprint density at radius 1 is 1.07 bits per heavy atom. The van der Waals surface area contributed by atoms with Gasteiger partial charge in [-0.3, -0.25) is 4.79 Å². The smallest absolute Gasteiger partial charge is 0.465 e. The first-order valence-corrected chi connectivity index (χ1v) is 9.70. The monoisotopic (exact) mass is 386 g/mol. The lowest BCUT2D eigenvalue weighted by Gasteiger charge is -2.32. The van der Waals surface area contributed by atoms with Crippen molar-refractivity contribution in [2.24, 2.45) is 5.41 Å². The second kappa shape index (κ2) is 5.73. The van der Waals surface area contributed by atoms with Gasteiger partial charge >= 0.3 is 13.2 Å². The van der Waals surface area contributed by atoms with Crippen molar-refractivity contribution in [3.05, 3.63) is 24.3 Å². The molecule has 1 aromatic carbocycles. The van der Waals surface area contributed by atoms with E-state index >= 15 is 0 Å². The van der Waals surface area contributed by atoms with E-state index < -0.39 is 35.4 Å². The van der Waals surface area contributed by atoms with E-state index in [0.717, 1.165) is 11.2 Å². The van der Waals surface area contributed by atoms with Crippen LogP contribution in [0.4, 0.5) is 10.5 Å². The summed E-state index contributed by atoms with van der Waals surface area (Å²) in [5.74, 6) is -0.00728. The third-order valence-electron chi connectivity index (χ3n) is 7.05. The summed E-state index contributed by atoms with van der Waals surface area (Å²) >= 11 is 0. The highest BCUT2D eigenvalue weighted by atomic mass is 16.7. The molecule has 1 aromatic rings. The number of benzene rings is 1. The molecular formula is C20H27BN2O5. The fraction of sp³-hybridized carbons (Fsp3) is 0.600. The van der Waals surface area contributed by atoms with Crippen LogP contribution in [0.15, 0.2) is 24.3 Å². The lowest BCUT2D eigenvalue weighted by molar-refractivity contribution is -0.122. The van der Waals surface area contributed by atoms with E-state index in [4.69, 9.17) is 9.31 Å². The topological polar surface area (TPSA) is 88.1 Å². The predicted octanol–water partition coefficient (Wildman–Crippen LogP) is 2.14. The highest BCUT2D eigenvalue weighted by Crippen LogP contribution is 2.59. The fourth-order valence-corrected chi connectivity index (χ4v) is 4.32. The molecule has 7 nitrogen and oxygen atoms in total. The van der Waals surface area contributed by atoms with E-state index in [0.29, 0.717) is 19.4 Å². The van der Waals surface area contributed by atoms with Gasteiger partial charge in [-0.25, -0.2) is 4.79 Å². The zero-order valence-electron chi connectivity index (χ0n) is 17.0. The van der Waals surface area contributed by atoms with Gasteiger partial charge in [0.05, 0.1) is 22.2 Å². The standard InChI is InChI=1S/C20H27BN2O5/c1-17(2)18(3,4)28-21(27-17)13-6-8-14(9-7-13)23-12-19(5,22-16(25)26)20(10-11-20)15(23)24/h6-9,22H,10-12H2,1-5H3,(H,25,26). The minimum Gasteiger partial charge on any atom is -0.465 e. The number of hydrogen-bond donors (Lipinski definition) is 2. The Labute approximate surface area is 165 Å². The van der Waals surface area contributed by atoms with Crippen LogP contribution in [0.25, 0.3) is 0 Å². The van der Waals surface area contributed by atoms with Crippen LogP contribution in [0.5, 0.6) is 0 Å². The molecule has 2 heterocycles. The maximum Gasteiger partial charge on any atom is 0.494 e. The lowest BCUT2D eigenvalue weighted by Crippen LogP contribution is -2.53. The van der Waals surface area contributed by atoms with E-state index in [1.807, 2.05) is 58.9 Å². The van der Waals surface area contributed by atoms with Gasteiger partial charge in [0.1, 0.15) is 0 Å². The van der Waals surface area contributed by atoms with Crippen LogP contribution in [0.3, 0.4) is 0 Å². The normalized spacial score (nSPS) is 29.4. The Morgan fingerprint density at radius 2 is 1.61 bits per heavy atom. The Morgan fingerprint density at radius 3 is 2.07 bits per heavy atom. The molecule has 150 valence electrons. The maximum absolute atomic E-state index is 13.0.